The zero-order chi connectivity index (χ0) is 10.1. The van der Waals surface area contributed by atoms with Gasteiger partial charge in [-0.3, -0.25) is 4.79 Å². The standard InChI is InChI=1S/C8H14F2N2O/c1-6(13)12(2)7-5-11-4-3-8(7,9)10/h7,11H,3-5H2,1-2H3/t7-/m0/s1. The molecule has 1 amide bonds. The lowest BCUT2D eigenvalue weighted by Crippen LogP contribution is -2.57. The Bertz CT molecular complexity index is 208. The molecule has 0 aromatic heterocycles. The first-order valence-electron chi connectivity index (χ1n) is 4.27. The van der Waals surface area contributed by atoms with Crippen LogP contribution in [0, 0.1) is 0 Å². The summed E-state index contributed by atoms with van der Waals surface area (Å²) in [7, 11) is 1.41. The van der Waals surface area contributed by atoms with Gasteiger partial charge < -0.3 is 10.2 Å². The van der Waals surface area contributed by atoms with E-state index in [9.17, 15) is 13.6 Å². The quantitative estimate of drug-likeness (QED) is 0.654. The Morgan fingerprint density at radius 2 is 2.23 bits per heavy atom. The molecule has 0 aromatic carbocycles. The molecule has 1 rings (SSSR count). The average molecular weight is 192 g/mol. The first kappa shape index (κ1) is 10.4. The second kappa shape index (κ2) is 3.57. The maximum absolute atomic E-state index is 13.2. The van der Waals surface area contributed by atoms with Crippen molar-refractivity contribution >= 4 is 5.91 Å². The number of hydrogen-bond donors (Lipinski definition) is 1. The summed E-state index contributed by atoms with van der Waals surface area (Å²) in [4.78, 5) is 12.0. The summed E-state index contributed by atoms with van der Waals surface area (Å²) < 4.78 is 26.5. The molecule has 0 radical (unpaired) electrons. The Morgan fingerprint density at radius 3 is 2.69 bits per heavy atom. The fourth-order valence-electron chi connectivity index (χ4n) is 1.45. The number of halogens is 2. The van der Waals surface area contributed by atoms with E-state index in [1.165, 1.54) is 14.0 Å². The number of likely N-dealkylation sites (N-methyl/N-ethyl adjacent to an activating group) is 1. The summed E-state index contributed by atoms with van der Waals surface area (Å²) in [5.41, 5.74) is 0. The van der Waals surface area contributed by atoms with Crippen LogP contribution in [0.1, 0.15) is 13.3 Å². The van der Waals surface area contributed by atoms with Crippen LogP contribution in [0.4, 0.5) is 8.78 Å². The van der Waals surface area contributed by atoms with Crippen molar-refractivity contribution in [2.75, 3.05) is 20.1 Å². The molecule has 0 aromatic rings. The van der Waals surface area contributed by atoms with Gasteiger partial charge >= 0.3 is 0 Å². The molecule has 0 saturated carbocycles. The maximum Gasteiger partial charge on any atom is 0.270 e. The molecule has 3 nitrogen and oxygen atoms in total. The van der Waals surface area contributed by atoms with Crippen molar-refractivity contribution in [2.45, 2.75) is 25.3 Å². The van der Waals surface area contributed by atoms with E-state index < -0.39 is 12.0 Å². The van der Waals surface area contributed by atoms with Gasteiger partial charge in [0.25, 0.3) is 5.92 Å². The Balaban J connectivity index is 2.70. The zero-order valence-corrected chi connectivity index (χ0v) is 7.81. The van der Waals surface area contributed by atoms with Gasteiger partial charge in [-0.05, 0) is 0 Å². The Kier molecular flexibility index (Phi) is 2.85. The van der Waals surface area contributed by atoms with Crippen LogP contribution >= 0.6 is 0 Å². The summed E-state index contributed by atoms with van der Waals surface area (Å²) in [6.07, 6.45) is -0.199. The zero-order valence-electron chi connectivity index (χ0n) is 7.81. The number of alkyl halides is 2. The highest BCUT2D eigenvalue weighted by Crippen LogP contribution is 2.28. The topological polar surface area (TPSA) is 32.3 Å². The van der Waals surface area contributed by atoms with E-state index in [2.05, 4.69) is 5.32 Å². The molecule has 1 aliphatic heterocycles. The molecule has 5 heteroatoms. The van der Waals surface area contributed by atoms with E-state index in [4.69, 9.17) is 0 Å². The molecule has 1 heterocycles. The van der Waals surface area contributed by atoms with E-state index in [-0.39, 0.29) is 18.9 Å². The van der Waals surface area contributed by atoms with Crippen molar-refractivity contribution in [1.82, 2.24) is 10.2 Å². The van der Waals surface area contributed by atoms with E-state index in [0.717, 1.165) is 4.90 Å². The van der Waals surface area contributed by atoms with Crippen molar-refractivity contribution < 1.29 is 13.6 Å². The van der Waals surface area contributed by atoms with Gasteiger partial charge in [0, 0.05) is 33.5 Å². The molecule has 1 saturated heterocycles. The number of nitrogens with one attached hydrogen (secondary N) is 1. The summed E-state index contributed by atoms with van der Waals surface area (Å²) in [5, 5.41) is 2.85. The van der Waals surface area contributed by atoms with E-state index >= 15 is 0 Å². The summed E-state index contributed by atoms with van der Waals surface area (Å²) in [6.45, 7) is 1.78. The first-order valence-corrected chi connectivity index (χ1v) is 4.27. The predicted molar refractivity (Wildman–Crippen MR) is 44.7 cm³/mol. The van der Waals surface area contributed by atoms with E-state index in [1.807, 2.05) is 0 Å². The number of nitrogens with zero attached hydrogens (tertiary/aromatic N) is 1. The molecule has 0 bridgehead atoms. The van der Waals surface area contributed by atoms with Gasteiger partial charge in [-0.1, -0.05) is 0 Å². The largest absolute Gasteiger partial charge is 0.336 e. The minimum absolute atomic E-state index is 0.170. The van der Waals surface area contributed by atoms with Crippen molar-refractivity contribution in [3.05, 3.63) is 0 Å². The Hall–Kier alpha value is -0.710. The Labute approximate surface area is 76.1 Å². The number of amides is 1. The molecule has 76 valence electrons. The molecular formula is C8H14F2N2O. The van der Waals surface area contributed by atoms with Gasteiger partial charge in [0.15, 0.2) is 0 Å². The van der Waals surface area contributed by atoms with Crippen LogP contribution in [-0.2, 0) is 4.79 Å². The van der Waals surface area contributed by atoms with Gasteiger partial charge in [-0.25, -0.2) is 8.78 Å². The molecule has 0 aliphatic carbocycles. The normalized spacial score (nSPS) is 26.9. The van der Waals surface area contributed by atoms with Gasteiger partial charge in [0.05, 0.1) is 0 Å². The molecule has 1 atom stereocenters. The second-order valence-corrected chi connectivity index (χ2v) is 3.36. The molecule has 1 fully saturated rings. The first-order chi connectivity index (χ1) is 5.95. The molecule has 1 aliphatic rings. The third kappa shape index (κ3) is 2.15. The summed E-state index contributed by atoms with van der Waals surface area (Å²) >= 11 is 0. The predicted octanol–water partition coefficient (Wildman–Crippen LogP) is 0.462. The molecule has 0 unspecified atom stereocenters. The molecule has 0 spiro atoms. The highest BCUT2D eigenvalue weighted by molar-refractivity contribution is 5.73. The smallest absolute Gasteiger partial charge is 0.270 e. The molecular weight excluding hydrogens is 178 g/mol. The van der Waals surface area contributed by atoms with Crippen molar-refractivity contribution in [3.8, 4) is 0 Å². The monoisotopic (exact) mass is 192 g/mol. The number of rotatable bonds is 1. The van der Waals surface area contributed by atoms with Gasteiger partial charge in [-0.2, -0.15) is 0 Å². The fraction of sp³-hybridized carbons (Fsp3) is 0.875. The maximum atomic E-state index is 13.2. The van der Waals surface area contributed by atoms with Crippen LogP contribution in [-0.4, -0.2) is 42.9 Å². The summed E-state index contributed by atoms with van der Waals surface area (Å²) in [6, 6.07) is -1.00. The van der Waals surface area contributed by atoms with Gasteiger partial charge in [-0.15, -0.1) is 0 Å². The summed E-state index contributed by atoms with van der Waals surface area (Å²) in [5.74, 6) is -3.08. The van der Waals surface area contributed by atoms with E-state index in [0.29, 0.717) is 6.54 Å². The average Bonchev–Trinajstić information content (AvgIpc) is 2.02. The SMILES string of the molecule is CC(=O)N(C)[C@H]1CNCCC1(F)F. The van der Waals surface area contributed by atoms with Crippen molar-refractivity contribution in [1.29, 1.82) is 0 Å². The van der Waals surface area contributed by atoms with Crippen LogP contribution in [0.2, 0.25) is 0 Å². The highest BCUT2D eigenvalue weighted by atomic mass is 19.3. The van der Waals surface area contributed by atoms with Gasteiger partial charge in [0.1, 0.15) is 6.04 Å². The van der Waals surface area contributed by atoms with Crippen LogP contribution in [0.15, 0.2) is 0 Å². The van der Waals surface area contributed by atoms with Crippen LogP contribution in [0.3, 0.4) is 0 Å². The lowest BCUT2D eigenvalue weighted by Gasteiger charge is -2.37. The van der Waals surface area contributed by atoms with Crippen molar-refractivity contribution in [3.63, 3.8) is 0 Å². The Morgan fingerprint density at radius 1 is 1.62 bits per heavy atom. The van der Waals surface area contributed by atoms with Crippen LogP contribution in [0.5, 0.6) is 0 Å². The molecule has 1 N–H and O–H groups in total. The van der Waals surface area contributed by atoms with Gasteiger partial charge in [0.2, 0.25) is 5.91 Å². The third-order valence-corrected chi connectivity index (χ3v) is 2.42. The number of carbonyl (C=O) groups excluding carboxylic acids is 1. The number of piperidine rings is 1. The minimum atomic E-state index is -2.76. The van der Waals surface area contributed by atoms with Crippen LogP contribution in [0.25, 0.3) is 0 Å². The van der Waals surface area contributed by atoms with Crippen LogP contribution < -0.4 is 5.32 Å². The lowest BCUT2D eigenvalue weighted by molar-refractivity contribution is -0.143. The second-order valence-electron chi connectivity index (χ2n) is 3.36. The third-order valence-electron chi connectivity index (χ3n) is 2.42. The highest BCUT2D eigenvalue weighted by Gasteiger charge is 2.44. The fourth-order valence-corrected chi connectivity index (χ4v) is 1.45. The number of carbonyl (C=O) groups is 1. The molecule has 13 heavy (non-hydrogen) atoms. The van der Waals surface area contributed by atoms with E-state index in [1.54, 1.807) is 0 Å². The lowest BCUT2D eigenvalue weighted by atomic mass is 10.0. The number of hydrogen-bond acceptors (Lipinski definition) is 2. The minimum Gasteiger partial charge on any atom is -0.336 e. The van der Waals surface area contributed by atoms with Crippen molar-refractivity contribution in [2.24, 2.45) is 0 Å².